The van der Waals surface area contributed by atoms with Crippen molar-refractivity contribution in [3.63, 3.8) is 0 Å². The van der Waals surface area contributed by atoms with Crippen molar-refractivity contribution in [1.82, 2.24) is 15.1 Å². The van der Waals surface area contributed by atoms with Crippen molar-refractivity contribution in [2.75, 3.05) is 57.4 Å². The molecule has 0 radical (unpaired) electrons. The number of nitrogens with one attached hydrogen (secondary N) is 1. The van der Waals surface area contributed by atoms with Crippen molar-refractivity contribution in [1.29, 1.82) is 0 Å². The van der Waals surface area contributed by atoms with Gasteiger partial charge in [-0.15, -0.1) is 0 Å². The fourth-order valence-electron chi connectivity index (χ4n) is 8.63. The van der Waals surface area contributed by atoms with Crippen LogP contribution in [-0.4, -0.2) is 85.3 Å². The van der Waals surface area contributed by atoms with E-state index >= 15 is 0 Å². The average Bonchev–Trinajstić information content (AvgIpc) is 3.51. The smallest absolute Gasteiger partial charge is 0.255 e. The topological polar surface area (TPSA) is 94.6 Å². The van der Waals surface area contributed by atoms with Crippen molar-refractivity contribution in [2.24, 2.45) is 0 Å². The molecule has 3 atom stereocenters. The van der Waals surface area contributed by atoms with E-state index in [1.165, 1.54) is 22.3 Å². The number of phenols is 1. The Balaban J connectivity index is 0.774. The fraction of sp³-hybridized carbons (Fsp3) is 0.364. The van der Waals surface area contributed by atoms with Gasteiger partial charge in [0.15, 0.2) is 0 Å². The Kier molecular flexibility index (Phi) is 10.2. The minimum absolute atomic E-state index is 0.0613. The second-order valence-electron chi connectivity index (χ2n) is 14.7. The lowest BCUT2D eigenvalue weighted by molar-refractivity contribution is -0.126. The Hall–Kier alpha value is -5.12. The predicted molar refractivity (Wildman–Crippen MR) is 205 cm³/mol. The molecular weight excluding hydrogens is 665 g/mol. The number of carbonyl (C=O) groups excluding carboxylic acids is 2. The average molecular weight is 713 g/mol. The lowest BCUT2D eigenvalue weighted by Crippen LogP contribution is -2.49. The second kappa shape index (κ2) is 15.5. The first-order valence-electron chi connectivity index (χ1n) is 19.0. The number of carbonyl (C=O) groups is 2. The molecule has 53 heavy (non-hydrogen) atoms. The number of anilines is 1. The Labute approximate surface area is 311 Å². The van der Waals surface area contributed by atoms with Crippen LogP contribution in [-0.2, 0) is 22.5 Å². The van der Waals surface area contributed by atoms with Crippen LogP contribution in [0.3, 0.4) is 0 Å². The van der Waals surface area contributed by atoms with Gasteiger partial charge in [0.25, 0.3) is 5.91 Å². The maximum atomic E-state index is 13.1. The number of aryl methyl sites for hydroxylation is 1. The third-order valence-corrected chi connectivity index (χ3v) is 11.5. The number of phenolic OH excluding ortho intramolecular Hbond substituents is 1. The summed E-state index contributed by atoms with van der Waals surface area (Å²) >= 11 is 0. The van der Waals surface area contributed by atoms with Gasteiger partial charge in [-0.2, -0.15) is 0 Å². The van der Waals surface area contributed by atoms with E-state index < -0.39 is 6.04 Å². The highest BCUT2D eigenvalue weighted by Gasteiger charge is 2.38. The fourth-order valence-corrected chi connectivity index (χ4v) is 8.63. The quantitative estimate of drug-likeness (QED) is 0.179. The van der Waals surface area contributed by atoms with Crippen LogP contribution in [0.5, 0.6) is 11.5 Å². The van der Waals surface area contributed by atoms with E-state index in [-0.39, 0.29) is 17.7 Å². The third-order valence-electron chi connectivity index (χ3n) is 11.5. The van der Waals surface area contributed by atoms with E-state index in [4.69, 9.17) is 9.47 Å². The highest BCUT2D eigenvalue weighted by atomic mass is 16.5. The molecule has 0 spiro atoms. The molecule has 4 aromatic rings. The van der Waals surface area contributed by atoms with Crippen molar-refractivity contribution in [2.45, 2.75) is 50.1 Å². The summed E-state index contributed by atoms with van der Waals surface area (Å²) in [7, 11) is 0. The number of piperazine rings is 1. The largest absolute Gasteiger partial charge is 0.508 e. The van der Waals surface area contributed by atoms with Crippen LogP contribution in [0.1, 0.15) is 69.3 Å². The van der Waals surface area contributed by atoms with Gasteiger partial charge in [0.05, 0.1) is 13.2 Å². The first-order chi connectivity index (χ1) is 25.9. The van der Waals surface area contributed by atoms with Crippen molar-refractivity contribution in [3.05, 3.63) is 137 Å². The zero-order valence-corrected chi connectivity index (χ0v) is 30.2. The van der Waals surface area contributed by atoms with E-state index in [1.54, 1.807) is 4.90 Å². The molecule has 1 aliphatic carbocycles. The summed E-state index contributed by atoms with van der Waals surface area (Å²) in [5.74, 6) is 1.55. The van der Waals surface area contributed by atoms with Gasteiger partial charge >= 0.3 is 0 Å². The third kappa shape index (κ3) is 7.54. The Bertz CT molecular complexity index is 1960. The lowest BCUT2D eigenvalue weighted by Gasteiger charge is -2.36. The summed E-state index contributed by atoms with van der Waals surface area (Å²) in [4.78, 5) is 32.2. The lowest BCUT2D eigenvalue weighted by atomic mass is 9.69. The van der Waals surface area contributed by atoms with E-state index in [2.05, 4.69) is 88.4 Å². The van der Waals surface area contributed by atoms with E-state index in [1.807, 2.05) is 24.3 Å². The van der Waals surface area contributed by atoms with Gasteiger partial charge in [-0.3, -0.25) is 14.5 Å². The number of aromatic hydroxyl groups is 1. The first-order valence-corrected chi connectivity index (χ1v) is 19.0. The SMILES string of the molecule is C=C1CCC(N2Cc3cc(N4CCN(CCOCCOc5ccc([C@@H]6c7ccc(O)cc7CC[C@@H]6c6ccccc6)cc5)CC4)ccc3C2=O)C(=O)N1. The molecule has 9 heteroatoms. The van der Waals surface area contributed by atoms with Crippen LogP contribution in [0.15, 0.2) is 103 Å². The maximum absolute atomic E-state index is 13.1. The highest BCUT2D eigenvalue weighted by Crippen LogP contribution is 2.47. The summed E-state index contributed by atoms with van der Waals surface area (Å²) in [6.07, 6.45) is 3.30. The molecule has 0 bridgehead atoms. The van der Waals surface area contributed by atoms with Crippen LogP contribution in [0.2, 0.25) is 0 Å². The number of benzene rings is 4. The van der Waals surface area contributed by atoms with Crippen LogP contribution in [0.4, 0.5) is 5.69 Å². The molecule has 0 saturated carbocycles. The van der Waals surface area contributed by atoms with Gasteiger partial charge in [-0.1, -0.05) is 55.1 Å². The molecule has 4 aromatic carbocycles. The molecule has 2 saturated heterocycles. The zero-order valence-electron chi connectivity index (χ0n) is 30.2. The first kappa shape index (κ1) is 34.9. The van der Waals surface area contributed by atoms with Crippen molar-refractivity contribution in [3.8, 4) is 11.5 Å². The molecule has 8 rings (SSSR count). The minimum Gasteiger partial charge on any atom is -0.508 e. The summed E-state index contributed by atoms with van der Waals surface area (Å²) in [6.45, 7) is 10.6. The number of allylic oxidation sites excluding steroid dienone is 1. The number of fused-ring (bicyclic) bond motifs is 2. The number of ether oxygens (including phenoxy) is 2. The number of rotatable bonds is 11. The molecule has 2 fully saturated rings. The Morgan fingerprint density at radius 3 is 2.40 bits per heavy atom. The van der Waals surface area contributed by atoms with Crippen LogP contribution in [0.25, 0.3) is 0 Å². The monoisotopic (exact) mass is 712 g/mol. The highest BCUT2D eigenvalue weighted by molar-refractivity contribution is 6.01. The summed E-state index contributed by atoms with van der Waals surface area (Å²) in [5.41, 5.74) is 8.66. The molecule has 274 valence electrons. The molecule has 9 nitrogen and oxygen atoms in total. The number of hydrogen-bond acceptors (Lipinski definition) is 7. The van der Waals surface area contributed by atoms with Gasteiger partial charge in [-0.05, 0) is 102 Å². The molecular formula is C44H48N4O5. The van der Waals surface area contributed by atoms with Gasteiger partial charge < -0.3 is 29.7 Å². The maximum Gasteiger partial charge on any atom is 0.255 e. The molecule has 3 heterocycles. The molecule has 4 aliphatic rings. The van der Waals surface area contributed by atoms with E-state index in [0.29, 0.717) is 56.4 Å². The number of nitrogens with zero attached hydrogens (tertiary/aromatic N) is 3. The molecule has 2 N–H and O–H groups in total. The predicted octanol–water partition coefficient (Wildman–Crippen LogP) is 6.22. The number of amides is 2. The Morgan fingerprint density at radius 1 is 0.792 bits per heavy atom. The second-order valence-corrected chi connectivity index (χ2v) is 14.7. The Morgan fingerprint density at radius 2 is 1.60 bits per heavy atom. The summed E-state index contributed by atoms with van der Waals surface area (Å²) in [6, 6.07) is 30.7. The van der Waals surface area contributed by atoms with E-state index in [0.717, 1.165) is 68.3 Å². The normalized spacial score (nSPS) is 21.7. The summed E-state index contributed by atoms with van der Waals surface area (Å²) in [5, 5.41) is 13.0. The van der Waals surface area contributed by atoms with Crippen LogP contribution in [0, 0.1) is 0 Å². The number of piperidine rings is 1. The summed E-state index contributed by atoms with van der Waals surface area (Å²) < 4.78 is 12.0. The van der Waals surface area contributed by atoms with Crippen LogP contribution < -0.4 is 15.0 Å². The van der Waals surface area contributed by atoms with Gasteiger partial charge in [-0.25, -0.2) is 0 Å². The van der Waals surface area contributed by atoms with Gasteiger partial charge in [0.2, 0.25) is 5.91 Å². The van der Waals surface area contributed by atoms with Gasteiger partial charge in [0.1, 0.15) is 24.1 Å². The molecule has 3 aliphatic heterocycles. The van der Waals surface area contributed by atoms with Gasteiger partial charge in [0, 0.05) is 62.1 Å². The molecule has 2 amide bonds. The molecule has 0 aromatic heterocycles. The standard InChI is InChI=1S/C44H48N4O5/c1-30-7-18-41(43(50)45-30)48-29-34-27-35(11-16-40(34)44(48)51)47-21-19-46(20-22-47)23-24-52-25-26-53-37-13-8-32(9-14-37)42-38(31-5-3-2-4-6-31)15-10-33-28-36(49)12-17-39(33)42/h2-6,8-9,11-14,16-17,27-28,38,41-42,49H,1,7,10,15,18-26,29H2,(H,45,50)/t38-,41?,42+/m1/s1. The minimum atomic E-state index is -0.440. The molecule has 1 unspecified atom stereocenters. The van der Waals surface area contributed by atoms with Crippen molar-refractivity contribution < 1.29 is 24.2 Å². The number of hydrogen-bond donors (Lipinski definition) is 2. The zero-order chi connectivity index (χ0) is 36.3. The van der Waals surface area contributed by atoms with Crippen LogP contribution >= 0.6 is 0 Å². The van der Waals surface area contributed by atoms with Crippen molar-refractivity contribution >= 4 is 17.5 Å². The van der Waals surface area contributed by atoms with E-state index in [9.17, 15) is 14.7 Å².